The molecule has 4 heteroatoms. The Labute approximate surface area is 116 Å². The lowest BCUT2D eigenvalue weighted by Gasteiger charge is -2.06. The van der Waals surface area contributed by atoms with Crippen molar-refractivity contribution in [3.05, 3.63) is 54.1 Å². The number of carbonyl (C=O) groups is 1. The number of para-hydroxylation sites is 1. The predicted molar refractivity (Wildman–Crippen MR) is 81.3 cm³/mol. The van der Waals surface area contributed by atoms with E-state index in [2.05, 4.69) is 17.0 Å². The fourth-order valence-electron chi connectivity index (χ4n) is 1.69. The second kappa shape index (κ2) is 6.75. The number of nitrogens with zero attached hydrogens (tertiary/aromatic N) is 1. The zero-order valence-electron chi connectivity index (χ0n) is 10.4. The molecule has 0 saturated heterocycles. The van der Waals surface area contributed by atoms with Crippen molar-refractivity contribution < 1.29 is 4.79 Å². The number of amides is 1. The Hall–Kier alpha value is -2.07. The van der Waals surface area contributed by atoms with E-state index < -0.39 is 0 Å². The van der Waals surface area contributed by atoms with Gasteiger partial charge in [0.2, 0.25) is 6.41 Å². The summed E-state index contributed by atoms with van der Waals surface area (Å²) in [4.78, 5) is 15.5. The lowest BCUT2D eigenvalue weighted by atomic mass is 10.2. The summed E-state index contributed by atoms with van der Waals surface area (Å²) in [7, 11) is 0. The minimum Gasteiger partial charge on any atom is -0.329 e. The maximum absolute atomic E-state index is 10.4. The summed E-state index contributed by atoms with van der Waals surface area (Å²) in [5.74, 6) is 0.820. The van der Waals surface area contributed by atoms with Crippen molar-refractivity contribution in [2.75, 3.05) is 5.32 Å². The fourth-order valence-corrected chi connectivity index (χ4v) is 2.65. The number of rotatable bonds is 6. The van der Waals surface area contributed by atoms with Crippen molar-refractivity contribution in [2.45, 2.75) is 10.6 Å². The van der Waals surface area contributed by atoms with Gasteiger partial charge in [-0.15, -0.1) is 11.8 Å². The van der Waals surface area contributed by atoms with Crippen LogP contribution >= 0.6 is 11.8 Å². The Morgan fingerprint density at radius 2 is 2.05 bits per heavy atom. The molecule has 3 nitrogen and oxygen atoms in total. The SMILES string of the molecule is C=Nc1ccccc1SCc1cccc(NC=O)c1. The van der Waals surface area contributed by atoms with E-state index in [1.807, 2.05) is 48.5 Å². The maximum atomic E-state index is 10.4. The van der Waals surface area contributed by atoms with Gasteiger partial charge in [-0.05, 0) is 36.5 Å². The number of hydrogen-bond acceptors (Lipinski definition) is 3. The molecular weight excluding hydrogens is 256 g/mol. The highest BCUT2D eigenvalue weighted by Crippen LogP contribution is 2.31. The van der Waals surface area contributed by atoms with Crippen molar-refractivity contribution in [3.8, 4) is 0 Å². The lowest BCUT2D eigenvalue weighted by molar-refractivity contribution is -0.105. The number of hydrogen-bond donors (Lipinski definition) is 1. The highest BCUT2D eigenvalue weighted by molar-refractivity contribution is 7.98. The Balaban J connectivity index is 2.07. The monoisotopic (exact) mass is 270 g/mol. The molecule has 1 N–H and O–H groups in total. The third-order valence-corrected chi connectivity index (χ3v) is 3.72. The van der Waals surface area contributed by atoms with E-state index in [1.54, 1.807) is 11.8 Å². The first-order valence-corrected chi connectivity index (χ1v) is 6.79. The topological polar surface area (TPSA) is 41.5 Å². The van der Waals surface area contributed by atoms with Crippen LogP contribution < -0.4 is 5.32 Å². The van der Waals surface area contributed by atoms with Crippen molar-refractivity contribution in [3.63, 3.8) is 0 Å². The first-order valence-electron chi connectivity index (χ1n) is 5.81. The second-order valence-corrected chi connectivity index (χ2v) is 4.89. The molecule has 0 fully saturated rings. The molecular formula is C15H14N2OS. The summed E-state index contributed by atoms with van der Waals surface area (Å²) in [6.07, 6.45) is 0.684. The van der Waals surface area contributed by atoms with E-state index in [-0.39, 0.29) is 0 Å². The van der Waals surface area contributed by atoms with Gasteiger partial charge < -0.3 is 5.32 Å². The van der Waals surface area contributed by atoms with Gasteiger partial charge >= 0.3 is 0 Å². The summed E-state index contributed by atoms with van der Waals surface area (Å²) < 4.78 is 0. The smallest absolute Gasteiger partial charge is 0.211 e. The van der Waals surface area contributed by atoms with Crippen LogP contribution in [0.2, 0.25) is 0 Å². The Bertz CT molecular complexity index is 584. The third-order valence-electron chi connectivity index (χ3n) is 2.58. The lowest BCUT2D eigenvalue weighted by Crippen LogP contribution is -1.94. The van der Waals surface area contributed by atoms with E-state index in [9.17, 15) is 4.79 Å². The first-order chi connectivity index (χ1) is 9.33. The van der Waals surface area contributed by atoms with Crippen LogP contribution in [0.25, 0.3) is 0 Å². The molecule has 0 spiro atoms. The molecule has 0 heterocycles. The Morgan fingerprint density at radius 1 is 1.21 bits per heavy atom. The molecule has 96 valence electrons. The van der Waals surface area contributed by atoms with Gasteiger partial charge in [-0.3, -0.25) is 9.79 Å². The molecule has 0 bridgehead atoms. The van der Waals surface area contributed by atoms with Gasteiger partial charge in [0, 0.05) is 16.3 Å². The molecule has 1 amide bonds. The van der Waals surface area contributed by atoms with Crippen molar-refractivity contribution >= 4 is 36.3 Å². The number of anilines is 1. The van der Waals surface area contributed by atoms with Crippen LogP contribution in [0.15, 0.2) is 58.4 Å². The van der Waals surface area contributed by atoms with Crippen LogP contribution in [0, 0.1) is 0 Å². The molecule has 2 rings (SSSR count). The molecule has 0 aliphatic carbocycles. The van der Waals surface area contributed by atoms with Gasteiger partial charge in [0.05, 0.1) is 5.69 Å². The zero-order valence-corrected chi connectivity index (χ0v) is 11.2. The molecule has 0 aliphatic heterocycles. The standard InChI is InChI=1S/C15H14N2OS/c1-16-14-7-2-3-8-15(14)19-10-12-5-4-6-13(9-12)17-11-18/h2-9,11H,1,10H2,(H,17,18). The molecule has 2 aromatic carbocycles. The second-order valence-electron chi connectivity index (χ2n) is 3.88. The molecule has 2 aromatic rings. The molecule has 0 unspecified atom stereocenters. The van der Waals surface area contributed by atoms with E-state index in [0.717, 1.165) is 27.6 Å². The number of nitrogens with one attached hydrogen (secondary N) is 1. The van der Waals surface area contributed by atoms with Crippen LogP contribution in [-0.4, -0.2) is 13.1 Å². The highest BCUT2D eigenvalue weighted by Gasteiger charge is 2.02. The van der Waals surface area contributed by atoms with Crippen molar-refractivity contribution in [2.24, 2.45) is 4.99 Å². The average molecular weight is 270 g/mol. The van der Waals surface area contributed by atoms with Gasteiger partial charge in [-0.2, -0.15) is 0 Å². The maximum Gasteiger partial charge on any atom is 0.211 e. The van der Waals surface area contributed by atoms with E-state index >= 15 is 0 Å². The largest absolute Gasteiger partial charge is 0.329 e. The fraction of sp³-hybridized carbons (Fsp3) is 0.0667. The van der Waals surface area contributed by atoms with Crippen molar-refractivity contribution in [1.29, 1.82) is 0 Å². The summed E-state index contributed by atoms with van der Waals surface area (Å²) in [5, 5.41) is 2.65. The van der Waals surface area contributed by atoms with Crippen molar-refractivity contribution in [1.82, 2.24) is 0 Å². The number of carbonyl (C=O) groups excluding carboxylic acids is 1. The van der Waals surface area contributed by atoms with Gasteiger partial charge in [-0.25, -0.2) is 0 Å². The number of thioether (sulfide) groups is 1. The summed E-state index contributed by atoms with van der Waals surface area (Å²) in [5.41, 5.74) is 2.86. The Kier molecular flexibility index (Phi) is 4.75. The first kappa shape index (κ1) is 13.4. The minimum absolute atomic E-state index is 0.684. The quantitative estimate of drug-likeness (QED) is 0.491. The molecule has 19 heavy (non-hydrogen) atoms. The minimum atomic E-state index is 0.684. The van der Waals surface area contributed by atoms with Crippen LogP contribution in [0.3, 0.4) is 0 Å². The summed E-state index contributed by atoms with van der Waals surface area (Å²) in [6, 6.07) is 15.7. The number of benzene rings is 2. The van der Waals surface area contributed by atoms with Gasteiger partial charge in [0.15, 0.2) is 0 Å². The molecule has 0 aliphatic rings. The average Bonchev–Trinajstić information content (AvgIpc) is 2.46. The molecule has 0 atom stereocenters. The summed E-state index contributed by atoms with van der Waals surface area (Å²) >= 11 is 1.70. The molecule has 0 aromatic heterocycles. The van der Waals surface area contributed by atoms with E-state index in [4.69, 9.17) is 0 Å². The van der Waals surface area contributed by atoms with E-state index in [1.165, 1.54) is 0 Å². The highest BCUT2D eigenvalue weighted by atomic mass is 32.2. The van der Waals surface area contributed by atoms with Crippen LogP contribution in [-0.2, 0) is 10.5 Å². The van der Waals surface area contributed by atoms with Gasteiger partial charge in [-0.1, -0.05) is 24.3 Å². The van der Waals surface area contributed by atoms with Gasteiger partial charge in [0.1, 0.15) is 0 Å². The predicted octanol–water partition coefficient (Wildman–Crippen LogP) is 3.88. The third kappa shape index (κ3) is 3.69. The van der Waals surface area contributed by atoms with Crippen LogP contribution in [0.4, 0.5) is 11.4 Å². The van der Waals surface area contributed by atoms with E-state index in [0.29, 0.717) is 6.41 Å². The zero-order chi connectivity index (χ0) is 13.5. The van der Waals surface area contributed by atoms with Gasteiger partial charge in [0.25, 0.3) is 0 Å². The molecule has 0 radical (unpaired) electrons. The summed E-state index contributed by atoms with van der Waals surface area (Å²) in [6.45, 7) is 3.57. The van der Waals surface area contributed by atoms with Crippen LogP contribution in [0.1, 0.15) is 5.56 Å². The number of aliphatic imine (C=N–C) groups is 1. The normalized spacial score (nSPS) is 9.89. The Morgan fingerprint density at radius 3 is 2.84 bits per heavy atom. The molecule has 0 saturated carbocycles. The van der Waals surface area contributed by atoms with Crippen LogP contribution in [0.5, 0.6) is 0 Å².